The van der Waals surface area contributed by atoms with Gasteiger partial charge in [-0.2, -0.15) is 0 Å². The highest BCUT2D eigenvalue weighted by Gasteiger charge is 2.23. The summed E-state index contributed by atoms with van der Waals surface area (Å²) in [5.74, 6) is 0.751. The third-order valence-electron chi connectivity index (χ3n) is 7.41. The Morgan fingerprint density at radius 2 is 1.60 bits per heavy atom. The van der Waals surface area contributed by atoms with E-state index in [0.29, 0.717) is 18.8 Å². The number of para-hydroxylation sites is 2. The van der Waals surface area contributed by atoms with Gasteiger partial charge in [-0.05, 0) is 29.7 Å². The molecule has 0 unspecified atom stereocenters. The number of rotatable bonds is 6. The highest BCUT2D eigenvalue weighted by molar-refractivity contribution is 5.58. The first kappa shape index (κ1) is 23.5. The third-order valence-corrected chi connectivity index (χ3v) is 7.41. The summed E-state index contributed by atoms with van der Waals surface area (Å²) < 4.78 is 7.55. The Morgan fingerprint density at radius 1 is 0.886 bits per heavy atom. The normalized spacial score (nSPS) is 16.8. The van der Waals surface area contributed by atoms with E-state index in [2.05, 4.69) is 45.0 Å². The maximum absolute atomic E-state index is 12.7. The first-order valence-electron chi connectivity index (χ1n) is 12.3. The number of nitrogens with zero attached hydrogens (tertiary/aromatic N) is 4. The summed E-state index contributed by atoms with van der Waals surface area (Å²) in [4.78, 5) is 19.7. The molecule has 2 aliphatic rings. The molecule has 7 nitrogen and oxygen atoms in total. The maximum Gasteiger partial charge on any atom is 0.223 e. The van der Waals surface area contributed by atoms with Gasteiger partial charge in [0.2, 0.25) is 5.43 Å². The Labute approximate surface area is 206 Å². The molecule has 1 fully saturated rings. The van der Waals surface area contributed by atoms with Gasteiger partial charge < -0.3 is 19.3 Å². The van der Waals surface area contributed by atoms with E-state index < -0.39 is 0 Å². The van der Waals surface area contributed by atoms with Gasteiger partial charge in [0, 0.05) is 71.2 Å². The van der Waals surface area contributed by atoms with E-state index in [1.54, 1.807) is 13.2 Å². The Hall–Kier alpha value is -3.29. The monoisotopic (exact) mass is 474 g/mol. The van der Waals surface area contributed by atoms with Crippen molar-refractivity contribution in [3.63, 3.8) is 0 Å². The second kappa shape index (κ2) is 10.1. The van der Waals surface area contributed by atoms with Crippen molar-refractivity contribution in [3.05, 3.63) is 87.3 Å². The van der Waals surface area contributed by atoms with E-state index in [0.717, 1.165) is 62.8 Å². The minimum Gasteiger partial charge on any atom is -0.503 e. The predicted octanol–water partition coefficient (Wildman–Crippen LogP) is 2.98. The fourth-order valence-electron chi connectivity index (χ4n) is 5.29. The van der Waals surface area contributed by atoms with E-state index in [4.69, 9.17) is 4.74 Å². The molecule has 0 spiro atoms. The largest absolute Gasteiger partial charge is 0.503 e. The fourth-order valence-corrected chi connectivity index (χ4v) is 5.29. The van der Waals surface area contributed by atoms with Gasteiger partial charge >= 0.3 is 0 Å². The molecule has 2 aliphatic heterocycles. The molecule has 3 heterocycles. The molecule has 7 heteroatoms. The van der Waals surface area contributed by atoms with Crippen LogP contribution < -0.4 is 15.1 Å². The zero-order chi connectivity index (χ0) is 24.4. The van der Waals surface area contributed by atoms with Gasteiger partial charge in [-0.15, -0.1) is 0 Å². The minimum atomic E-state index is -0.293. The van der Waals surface area contributed by atoms with Crippen molar-refractivity contribution in [1.82, 2.24) is 14.4 Å². The van der Waals surface area contributed by atoms with Crippen molar-refractivity contribution in [3.8, 4) is 11.5 Å². The predicted molar refractivity (Wildman–Crippen MR) is 138 cm³/mol. The summed E-state index contributed by atoms with van der Waals surface area (Å²) >= 11 is 0. The molecule has 2 aromatic carbocycles. The summed E-state index contributed by atoms with van der Waals surface area (Å²) in [6.45, 7) is 6.50. The Morgan fingerprint density at radius 3 is 2.37 bits per heavy atom. The van der Waals surface area contributed by atoms with Crippen LogP contribution >= 0.6 is 0 Å². The van der Waals surface area contributed by atoms with Crippen molar-refractivity contribution in [2.24, 2.45) is 7.05 Å². The first-order chi connectivity index (χ1) is 17.0. The molecule has 1 N–H and O–H groups in total. The molecule has 5 rings (SSSR count). The molecule has 0 amide bonds. The van der Waals surface area contributed by atoms with Crippen LogP contribution in [0.5, 0.6) is 11.5 Å². The summed E-state index contributed by atoms with van der Waals surface area (Å²) in [6.07, 6.45) is 1.02. The second-order valence-electron chi connectivity index (χ2n) is 9.52. The SMILES string of the molecule is COc1ccccc1N1CCN(Cc2c(O)c(=O)cc(CN3CCc4ccccc4C3)n2C)CC1. The van der Waals surface area contributed by atoms with Gasteiger partial charge in [-0.1, -0.05) is 36.4 Å². The van der Waals surface area contributed by atoms with Gasteiger partial charge in [-0.3, -0.25) is 14.6 Å². The highest BCUT2D eigenvalue weighted by Crippen LogP contribution is 2.29. The number of hydrogen-bond acceptors (Lipinski definition) is 6. The molecule has 35 heavy (non-hydrogen) atoms. The molecule has 184 valence electrons. The van der Waals surface area contributed by atoms with Crippen LogP contribution in [0.1, 0.15) is 22.5 Å². The molecule has 0 radical (unpaired) electrons. The Bertz CT molecular complexity index is 1250. The molecule has 1 saturated heterocycles. The van der Waals surface area contributed by atoms with Crippen molar-refractivity contribution < 1.29 is 9.84 Å². The van der Waals surface area contributed by atoms with Crippen molar-refractivity contribution in [2.45, 2.75) is 26.1 Å². The average molecular weight is 475 g/mol. The van der Waals surface area contributed by atoms with E-state index in [1.807, 2.05) is 29.8 Å². The van der Waals surface area contributed by atoms with Crippen LogP contribution in [0.2, 0.25) is 0 Å². The summed E-state index contributed by atoms with van der Waals surface area (Å²) in [7, 11) is 3.67. The summed E-state index contributed by atoms with van der Waals surface area (Å²) in [6, 6.07) is 18.3. The minimum absolute atomic E-state index is 0.132. The number of fused-ring (bicyclic) bond motifs is 1. The van der Waals surface area contributed by atoms with Gasteiger partial charge in [-0.25, -0.2) is 0 Å². The van der Waals surface area contributed by atoms with E-state index in [9.17, 15) is 9.90 Å². The van der Waals surface area contributed by atoms with E-state index in [-0.39, 0.29) is 11.2 Å². The molecule has 1 aromatic heterocycles. The molecule has 0 atom stereocenters. The number of piperazine rings is 1. The Balaban J connectivity index is 1.28. The summed E-state index contributed by atoms with van der Waals surface area (Å²) in [5, 5.41) is 10.7. The summed E-state index contributed by atoms with van der Waals surface area (Å²) in [5.41, 5.74) is 5.21. The van der Waals surface area contributed by atoms with Gasteiger partial charge in [0.15, 0.2) is 5.75 Å². The standard InChI is InChI=1S/C28H34N4O3/c1-29-23(19-31-12-11-21-7-3-4-8-22(21)18-31)17-26(33)28(34)25(29)20-30-13-15-32(16-14-30)24-9-5-6-10-27(24)35-2/h3-10,17,34H,11-16,18-20H2,1-2H3. The fraction of sp³-hybridized carbons (Fsp3) is 0.393. The smallest absolute Gasteiger partial charge is 0.223 e. The lowest BCUT2D eigenvalue weighted by Gasteiger charge is -2.37. The lowest BCUT2D eigenvalue weighted by atomic mass is 10.00. The maximum atomic E-state index is 12.7. The van der Waals surface area contributed by atoms with E-state index in [1.165, 1.54) is 11.1 Å². The van der Waals surface area contributed by atoms with Crippen LogP contribution in [0.15, 0.2) is 59.4 Å². The second-order valence-corrected chi connectivity index (χ2v) is 9.52. The first-order valence-corrected chi connectivity index (χ1v) is 12.3. The quantitative estimate of drug-likeness (QED) is 0.593. The molecule has 0 saturated carbocycles. The topological polar surface area (TPSA) is 61.2 Å². The number of hydrogen-bond donors (Lipinski definition) is 1. The molecule has 0 bridgehead atoms. The van der Waals surface area contributed by atoms with Crippen LogP contribution in [0.25, 0.3) is 0 Å². The third kappa shape index (κ3) is 4.92. The number of anilines is 1. The lowest BCUT2D eigenvalue weighted by molar-refractivity contribution is 0.229. The highest BCUT2D eigenvalue weighted by atomic mass is 16.5. The molecular weight excluding hydrogens is 440 g/mol. The molecule has 0 aliphatic carbocycles. The Kier molecular flexibility index (Phi) is 6.79. The van der Waals surface area contributed by atoms with Crippen LogP contribution in [-0.4, -0.2) is 59.3 Å². The number of ether oxygens (including phenoxy) is 1. The van der Waals surface area contributed by atoms with Crippen LogP contribution in [0, 0.1) is 0 Å². The van der Waals surface area contributed by atoms with Crippen molar-refractivity contribution in [2.75, 3.05) is 44.7 Å². The van der Waals surface area contributed by atoms with Gasteiger partial charge in [0.25, 0.3) is 0 Å². The zero-order valence-corrected chi connectivity index (χ0v) is 20.6. The van der Waals surface area contributed by atoms with Crippen LogP contribution in [0.4, 0.5) is 5.69 Å². The number of methoxy groups -OCH3 is 1. The number of aromatic nitrogens is 1. The number of benzene rings is 2. The average Bonchev–Trinajstić information content (AvgIpc) is 2.90. The number of aromatic hydroxyl groups is 1. The zero-order valence-electron chi connectivity index (χ0n) is 20.6. The van der Waals surface area contributed by atoms with Crippen LogP contribution in [0.3, 0.4) is 0 Å². The molecular formula is C28H34N4O3. The van der Waals surface area contributed by atoms with E-state index >= 15 is 0 Å². The molecule has 3 aromatic rings. The lowest BCUT2D eigenvalue weighted by Crippen LogP contribution is -2.46. The van der Waals surface area contributed by atoms with Crippen molar-refractivity contribution in [1.29, 1.82) is 0 Å². The van der Waals surface area contributed by atoms with Gasteiger partial charge in [0.05, 0.1) is 18.5 Å². The van der Waals surface area contributed by atoms with Gasteiger partial charge in [0.1, 0.15) is 5.75 Å². The van der Waals surface area contributed by atoms with Crippen LogP contribution in [-0.2, 0) is 33.1 Å². The van der Waals surface area contributed by atoms with Crippen molar-refractivity contribution >= 4 is 5.69 Å². The number of pyridine rings is 1.